The molecule has 0 spiro atoms. The van der Waals surface area contributed by atoms with Crippen LogP contribution in [0, 0.1) is 12.8 Å². The normalized spacial score (nSPS) is 18.2. The fourth-order valence-corrected chi connectivity index (χ4v) is 3.28. The van der Waals surface area contributed by atoms with Gasteiger partial charge in [0.25, 0.3) is 0 Å². The zero-order chi connectivity index (χ0) is 15.4. The summed E-state index contributed by atoms with van der Waals surface area (Å²) >= 11 is 1.69. The molecule has 1 aromatic heterocycles. The third kappa shape index (κ3) is 4.76. The van der Waals surface area contributed by atoms with Crippen LogP contribution in [0.25, 0.3) is 0 Å². The molecule has 1 fully saturated rings. The second kappa shape index (κ2) is 7.33. The van der Waals surface area contributed by atoms with E-state index < -0.39 is 0 Å². The number of piperazine rings is 1. The van der Waals surface area contributed by atoms with Crippen LogP contribution >= 0.6 is 11.3 Å². The van der Waals surface area contributed by atoms with Crippen molar-refractivity contribution in [2.75, 3.05) is 26.2 Å². The molecule has 6 heteroatoms. The largest absolute Gasteiger partial charge is 0.339 e. The molecule has 118 valence electrons. The number of carbonyl (C=O) groups excluding carboxylic acids is 1. The van der Waals surface area contributed by atoms with Gasteiger partial charge in [0, 0.05) is 38.1 Å². The Labute approximate surface area is 131 Å². The first-order chi connectivity index (χ1) is 9.95. The highest BCUT2D eigenvalue weighted by Gasteiger charge is 2.25. The Morgan fingerprint density at radius 1 is 1.38 bits per heavy atom. The molecule has 2 N–H and O–H groups in total. The number of aromatic nitrogens is 1. The first-order valence-electron chi connectivity index (χ1n) is 7.63. The molecule has 2 rings (SSSR count). The topological polar surface area (TPSA) is 62.5 Å². The zero-order valence-electron chi connectivity index (χ0n) is 13.2. The van der Waals surface area contributed by atoms with Gasteiger partial charge in [-0.3, -0.25) is 9.69 Å². The second-order valence-electron chi connectivity index (χ2n) is 6.20. The third-order valence-electron chi connectivity index (χ3n) is 3.78. The first-order valence-corrected chi connectivity index (χ1v) is 8.51. The van der Waals surface area contributed by atoms with E-state index in [9.17, 15) is 4.79 Å². The van der Waals surface area contributed by atoms with Crippen LogP contribution in [0.3, 0.4) is 0 Å². The molecule has 1 aliphatic heterocycles. The summed E-state index contributed by atoms with van der Waals surface area (Å²) in [5.41, 5.74) is 7.13. The highest BCUT2D eigenvalue weighted by atomic mass is 32.1. The van der Waals surface area contributed by atoms with Gasteiger partial charge in [-0.05, 0) is 19.3 Å². The van der Waals surface area contributed by atoms with Crippen molar-refractivity contribution in [2.45, 2.75) is 39.8 Å². The standard InChI is InChI=1S/C15H26N4OS/c1-11(2)8-14(16)15(20)19-6-4-18(5-7-19)9-13-10-21-12(3)17-13/h10-11,14H,4-9,16H2,1-3H3/t14-/m0/s1. The summed E-state index contributed by atoms with van der Waals surface area (Å²) in [6.07, 6.45) is 0.761. The molecule has 0 aliphatic carbocycles. The minimum Gasteiger partial charge on any atom is -0.339 e. The van der Waals surface area contributed by atoms with Crippen LogP contribution in [-0.2, 0) is 11.3 Å². The third-order valence-corrected chi connectivity index (χ3v) is 4.60. The number of hydrogen-bond acceptors (Lipinski definition) is 5. The average Bonchev–Trinajstić information content (AvgIpc) is 2.83. The van der Waals surface area contributed by atoms with E-state index in [1.54, 1.807) is 11.3 Å². The second-order valence-corrected chi connectivity index (χ2v) is 7.26. The van der Waals surface area contributed by atoms with Crippen LogP contribution in [0.5, 0.6) is 0 Å². The molecule has 1 aliphatic rings. The Bertz CT molecular complexity index is 466. The molecule has 21 heavy (non-hydrogen) atoms. The molecular weight excluding hydrogens is 284 g/mol. The molecule has 0 bridgehead atoms. The van der Waals surface area contributed by atoms with Crippen molar-refractivity contribution in [1.29, 1.82) is 0 Å². The fourth-order valence-electron chi connectivity index (χ4n) is 2.68. The van der Waals surface area contributed by atoms with E-state index in [0.29, 0.717) is 5.92 Å². The van der Waals surface area contributed by atoms with E-state index in [1.807, 2.05) is 11.8 Å². The Morgan fingerprint density at radius 3 is 2.57 bits per heavy atom. The van der Waals surface area contributed by atoms with Gasteiger partial charge in [0.1, 0.15) is 0 Å². The summed E-state index contributed by atoms with van der Waals surface area (Å²) in [4.78, 5) is 21.0. The number of aryl methyl sites for hydroxylation is 1. The zero-order valence-corrected chi connectivity index (χ0v) is 14.0. The van der Waals surface area contributed by atoms with Gasteiger partial charge in [-0.25, -0.2) is 4.98 Å². The van der Waals surface area contributed by atoms with Crippen molar-refractivity contribution in [2.24, 2.45) is 11.7 Å². The lowest BCUT2D eigenvalue weighted by Crippen LogP contribution is -2.53. The van der Waals surface area contributed by atoms with Crippen molar-refractivity contribution >= 4 is 17.2 Å². The quantitative estimate of drug-likeness (QED) is 0.894. The van der Waals surface area contributed by atoms with E-state index in [1.165, 1.54) is 0 Å². The Balaban J connectivity index is 1.78. The molecule has 0 unspecified atom stereocenters. The van der Waals surface area contributed by atoms with Crippen molar-refractivity contribution in [3.8, 4) is 0 Å². The van der Waals surface area contributed by atoms with E-state index in [-0.39, 0.29) is 11.9 Å². The van der Waals surface area contributed by atoms with Gasteiger partial charge in [0.2, 0.25) is 5.91 Å². The van der Waals surface area contributed by atoms with Gasteiger partial charge in [-0.15, -0.1) is 11.3 Å². The minimum atomic E-state index is -0.349. The summed E-state index contributed by atoms with van der Waals surface area (Å²) in [7, 11) is 0. The summed E-state index contributed by atoms with van der Waals surface area (Å²) < 4.78 is 0. The SMILES string of the molecule is Cc1nc(CN2CCN(C(=O)[C@@H](N)CC(C)C)CC2)cs1. The van der Waals surface area contributed by atoms with Crippen molar-refractivity contribution < 1.29 is 4.79 Å². The van der Waals surface area contributed by atoms with Crippen LogP contribution in [0.15, 0.2) is 5.38 Å². The van der Waals surface area contributed by atoms with Gasteiger partial charge < -0.3 is 10.6 Å². The minimum absolute atomic E-state index is 0.104. The van der Waals surface area contributed by atoms with E-state index in [4.69, 9.17) is 5.73 Å². The van der Waals surface area contributed by atoms with Gasteiger partial charge in [0.15, 0.2) is 0 Å². The number of nitrogens with two attached hydrogens (primary N) is 1. The van der Waals surface area contributed by atoms with Crippen LogP contribution in [0.1, 0.15) is 31.0 Å². The molecular formula is C15H26N4OS. The molecule has 0 aromatic carbocycles. The van der Waals surface area contributed by atoms with Gasteiger partial charge in [-0.1, -0.05) is 13.8 Å². The van der Waals surface area contributed by atoms with E-state index in [0.717, 1.165) is 49.8 Å². The lowest BCUT2D eigenvalue weighted by atomic mass is 10.0. The highest BCUT2D eigenvalue weighted by molar-refractivity contribution is 7.09. The van der Waals surface area contributed by atoms with Crippen LogP contribution in [-0.4, -0.2) is 52.9 Å². The van der Waals surface area contributed by atoms with Gasteiger partial charge >= 0.3 is 0 Å². The summed E-state index contributed by atoms with van der Waals surface area (Å²) in [5, 5.41) is 3.23. The maximum atomic E-state index is 12.3. The number of rotatable bonds is 5. The van der Waals surface area contributed by atoms with Crippen molar-refractivity contribution in [3.63, 3.8) is 0 Å². The number of amides is 1. The predicted molar refractivity (Wildman–Crippen MR) is 86.1 cm³/mol. The Hall–Kier alpha value is -0.980. The summed E-state index contributed by atoms with van der Waals surface area (Å²) in [6, 6.07) is -0.349. The maximum Gasteiger partial charge on any atom is 0.239 e. The monoisotopic (exact) mass is 310 g/mol. The molecule has 1 amide bonds. The average molecular weight is 310 g/mol. The molecule has 0 radical (unpaired) electrons. The lowest BCUT2D eigenvalue weighted by molar-refractivity contribution is -0.134. The smallest absolute Gasteiger partial charge is 0.239 e. The van der Waals surface area contributed by atoms with Crippen LogP contribution in [0.2, 0.25) is 0 Å². The maximum absolute atomic E-state index is 12.3. The number of hydrogen-bond donors (Lipinski definition) is 1. The number of carbonyl (C=O) groups is 1. The van der Waals surface area contributed by atoms with Crippen molar-refractivity contribution in [3.05, 3.63) is 16.1 Å². The number of nitrogens with zero attached hydrogens (tertiary/aromatic N) is 3. The fraction of sp³-hybridized carbons (Fsp3) is 0.733. The van der Waals surface area contributed by atoms with E-state index in [2.05, 4.69) is 29.1 Å². The molecule has 1 saturated heterocycles. The summed E-state index contributed by atoms with van der Waals surface area (Å²) in [5.74, 6) is 0.561. The van der Waals surface area contributed by atoms with Crippen LogP contribution in [0.4, 0.5) is 0 Å². The highest BCUT2D eigenvalue weighted by Crippen LogP contribution is 2.13. The molecule has 0 saturated carbocycles. The van der Waals surface area contributed by atoms with Gasteiger partial charge in [-0.2, -0.15) is 0 Å². The number of thiazole rings is 1. The van der Waals surface area contributed by atoms with Gasteiger partial charge in [0.05, 0.1) is 16.7 Å². The predicted octanol–water partition coefficient (Wildman–Crippen LogP) is 1.47. The molecule has 1 aromatic rings. The Kier molecular flexibility index (Phi) is 5.72. The van der Waals surface area contributed by atoms with Crippen LogP contribution < -0.4 is 5.73 Å². The van der Waals surface area contributed by atoms with Crippen molar-refractivity contribution in [1.82, 2.24) is 14.8 Å². The lowest BCUT2D eigenvalue weighted by Gasteiger charge is -2.35. The van der Waals surface area contributed by atoms with E-state index >= 15 is 0 Å². The molecule has 2 heterocycles. The first kappa shape index (κ1) is 16.4. The molecule has 1 atom stereocenters. The Morgan fingerprint density at radius 2 is 2.05 bits per heavy atom. The molecule has 5 nitrogen and oxygen atoms in total. The summed E-state index contributed by atoms with van der Waals surface area (Å²) in [6.45, 7) is 10.4.